The SMILES string of the molecule is CC1(C)Cc2cc(NC(=O)/C(C=N)=C3\N=C(C[C@@H]4CCNC4=O)C=CN3)c(C3CC3)cc2O1. The summed E-state index contributed by atoms with van der Waals surface area (Å²) in [6.45, 7) is 4.81. The van der Waals surface area contributed by atoms with Crippen LogP contribution in [0.1, 0.15) is 56.6 Å². The highest BCUT2D eigenvalue weighted by molar-refractivity contribution is 6.18. The van der Waals surface area contributed by atoms with Gasteiger partial charge in [0, 0.05) is 54.7 Å². The highest BCUT2D eigenvalue weighted by Gasteiger charge is 2.34. The first-order chi connectivity index (χ1) is 15.8. The molecule has 4 N–H and O–H groups in total. The molecule has 0 radical (unpaired) electrons. The molecule has 1 saturated carbocycles. The number of amides is 2. The number of ether oxygens (including phenoxy) is 1. The standard InChI is InChI=1S/C25H29N5O3/c1-25(2)12-16-10-20(18(14-3-4-14)11-21(16)33-25)30-24(32)19(13-26)22-27-8-6-17(29-22)9-15-5-7-28-23(15)31/h6,8,10-11,13-15,26-27H,3-5,7,9,12H2,1-2H3,(H,28,31)(H,30,32)/b22-19-,26-13?/t15-/m0/s1. The molecule has 5 rings (SSSR count). The molecule has 1 aromatic carbocycles. The Morgan fingerprint density at radius 2 is 2.15 bits per heavy atom. The Balaban J connectivity index is 1.40. The van der Waals surface area contributed by atoms with E-state index in [9.17, 15) is 9.59 Å². The molecule has 0 aromatic heterocycles. The smallest absolute Gasteiger partial charge is 0.260 e. The minimum absolute atomic E-state index is 0.0385. The van der Waals surface area contributed by atoms with E-state index in [0.717, 1.165) is 54.5 Å². The van der Waals surface area contributed by atoms with E-state index >= 15 is 0 Å². The Morgan fingerprint density at radius 1 is 1.33 bits per heavy atom. The lowest BCUT2D eigenvalue weighted by Crippen LogP contribution is -2.25. The molecule has 0 spiro atoms. The Kier molecular flexibility index (Phi) is 5.31. The van der Waals surface area contributed by atoms with Gasteiger partial charge in [0.1, 0.15) is 17.2 Å². The number of hydrogen-bond donors (Lipinski definition) is 4. The summed E-state index contributed by atoms with van der Waals surface area (Å²) < 4.78 is 6.09. The topological polar surface area (TPSA) is 116 Å². The third kappa shape index (κ3) is 4.42. The molecule has 3 aliphatic heterocycles. The quantitative estimate of drug-likeness (QED) is 0.396. The fourth-order valence-corrected chi connectivity index (χ4v) is 4.71. The average Bonchev–Trinajstić information content (AvgIpc) is 3.46. The Bertz CT molecular complexity index is 1130. The van der Waals surface area contributed by atoms with Crippen LogP contribution in [0.3, 0.4) is 0 Å². The van der Waals surface area contributed by atoms with Gasteiger partial charge in [0.15, 0.2) is 0 Å². The third-order valence-corrected chi connectivity index (χ3v) is 6.51. The van der Waals surface area contributed by atoms with Crippen molar-refractivity contribution < 1.29 is 14.3 Å². The van der Waals surface area contributed by atoms with E-state index in [0.29, 0.717) is 30.4 Å². The van der Waals surface area contributed by atoms with Crippen LogP contribution >= 0.6 is 0 Å². The highest BCUT2D eigenvalue weighted by Crippen LogP contribution is 2.48. The van der Waals surface area contributed by atoms with Gasteiger partial charge in [-0.2, -0.15) is 0 Å². The number of hydrogen-bond acceptors (Lipinski definition) is 6. The van der Waals surface area contributed by atoms with Crippen LogP contribution in [0.5, 0.6) is 5.75 Å². The molecular weight excluding hydrogens is 418 g/mol. The van der Waals surface area contributed by atoms with Crippen molar-refractivity contribution in [2.24, 2.45) is 10.9 Å². The van der Waals surface area contributed by atoms with Crippen molar-refractivity contribution in [2.75, 3.05) is 11.9 Å². The van der Waals surface area contributed by atoms with Gasteiger partial charge in [-0.05, 0) is 62.8 Å². The van der Waals surface area contributed by atoms with E-state index in [1.54, 1.807) is 6.20 Å². The van der Waals surface area contributed by atoms with Crippen molar-refractivity contribution in [1.82, 2.24) is 10.6 Å². The van der Waals surface area contributed by atoms with Crippen LogP contribution in [0.2, 0.25) is 0 Å². The monoisotopic (exact) mass is 447 g/mol. The molecule has 2 fully saturated rings. The molecule has 0 unspecified atom stereocenters. The summed E-state index contributed by atoms with van der Waals surface area (Å²) in [6, 6.07) is 4.09. The lowest BCUT2D eigenvalue weighted by Gasteiger charge is -2.17. The van der Waals surface area contributed by atoms with E-state index in [1.165, 1.54) is 0 Å². The van der Waals surface area contributed by atoms with Gasteiger partial charge in [-0.3, -0.25) is 9.59 Å². The first-order valence-electron chi connectivity index (χ1n) is 11.5. The molecule has 172 valence electrons. The molecule has 8 nitrogen and oxygen atoms in total. The molecule has 4 aliphatic rings. The van der Waals surface area contributed by atoms with Crippen molar-refractivity contribution >= 4 is 29.4 Å². The van der Waals surface area contributed by atoms with Crippen LogP contribution < -0.4 is 20.7 Å². The highest BCUT2D eigenvalue weighted by atomic mass is 16.5. The van der Waals surface area contributed by atoms with Gasteiger partial charge < -0.3 is 26.1 Å². The van der Waals surface area contributed by atoms with Crippen LogP contribution in [-0.4, -0.2) is 35.9 Å². The summed E-state index contributed by atoms with van der Waals surface area (Å²) in [7, 11) is 0. The maximum Gasteiger partial charge on any atom is 0.260 e. The fourth-order valence-electron chi connectivity index (χ4n) is 4.71. The van der Waals surface area contributed by atoms with Crippen molar-refractivity contribution in [3.05, 3.63) is 46.9 Å². The molecule has 8 heteroatoms. The zero-order chi connectivity index (χ0) is 23.2. The number of allylic oxidation sites excluding steroid dienone is 1. The molecule has 0 bridgehead atoms. The maximum atomic E-state index is 13.2. The largest absolute Gasteiger partial charge is 0.487 e. The van der Waals surface area contributed by atoms with Crippen LogP contribution in [0.15, 0.2) is 40.8 Å². The van der Waals surface area contributed by atoms with Gasteiger partial charge in [0.05, 0.1) is 5.57 Å². The first kappa shape index (κ1) is 21.4. The second-order valence-corrected chi connectivity index (χ2v) is 9.78. The number of nitrogens with one attached hydrogen (secondary N) is 4. The van der Waals surface area contributed by atoms with Crippen molar-refractivity contribution in [3.8, 4) is 5.75 Å². The first-order valence-corrected chi connectivity index (χ1v) is 11.5. The molecule has 2 amide bonds. The number of rotatable bonds is 6. The number of anilines is 1. The van der Waals surface area contributed by atoms with Crippen molar-refractivity contribution in [1.29, 1.82) is 5.41 Å². The van der Waals surface area contributed by atoms with Gasteiger partial charge in [-0.1, -0.05) is 0 Å². The van der Waals surface area contributed by atoms with Gasteiger partial charge in [0.25, 0.3) is 5.91 Å². The third-order valence-electron chi connectivity index (χ3n) is 6.51. The second-order valence-electron chi connectivity index (χ2n) is 9.78. The summed E-state index contributed by atoms with van der Waals surface area (Å²) in [5.74, 6) is 1.18. The normalized spacial score (nSPS) is 24.2. The lowest BCUT2D eigenvalue weighted by molar-refractivity contribution is -0.122. The van der Waals surface area contributed by atoms with E-state index in [2.05, 4.69) is 40.9 Å². The minimum atomic E-state index is -0.385. The molecule has 1 aromatic rings. The molecular formula is C25H29N5O3. The van der Waals surface area contributed by atoms with Crippen molar-refractivity contribution in [3.63, 3.8) is 0 Å². The average molecular weight is 448 g/mol. The summed E-state index contributed by atoms with van der Waals surface area (Å²) in [5, 5.41) is 16.7. The Labute approximate surface area is 193 Å². The van der Waals surface area contributed by atoms with Crippen LogP contribution in [0.4, 0.5) is 5.69 Å². The number of fused-ring (bicyclic) bond motifs is 1. The summed E-state index contributed by atoms with van der Waals surface area (Å²) in [5.41, 5.74) is 3.55. The van der Waals surface area contributed by atoms with E-state index in [4.69, 9.17) is 10.1 Å². The van der Waals surface area contributed by atoms with Crippen LogP contribution in [0.25, 0.3) is 0 Å². The van der Waals surface area contributed by atoms with E-state index in [-0.39, 0.29) is 28.9 Å². The fraction of sp³-hybridized carbons (Fsp3) is 0.440. The molecule has 1 aliphatic carbocycles. The van der Waals surface area contributed by atoms with Gasteiger partial charge in [0.2, 0.25) is 5.91 Å². The van der Waals surface area contributed by atoms with Crippen LogP contribution in [-0.2, 0) is 16.0 Å². The van der Waals surface area contributed by atoms with E-state index < -0.39 is 0 Å². The number of carbonyl (C=O) groups is 2. The van der Waals surface area contributed by atoms with Gasteiger partial charge >= 0.3 is 0 Å². The van der Waals surface area contributed by atoms with Crippen LogP contribution in [0, 0.1) is 11.3 Å². The summed E-state index contributed by atoms with van der Waals surface area (Å²) in [6.07, 6.45) is 8.79. The number of benzene rings is 1. The van der Waals surface area contributed by atoms with Gasteiger partial charge in [-0.25, -0.2) is 4.99 Å². The van der Waals surface area contributed by atoms with Crippen molar-refractivity contribution in [2.45, 2.75) is 57.5 Å². The zero-order valence-electron chi connectivity index (χ0n) is 19.0. The zero-order valence-corrected chi connectivity index (χ0v) is 19.0. The molecule has 3 heterocycles. The second kappa shape index (κ2) is 8.17. The van der Waals surface area contributed by atoms with Gasteiger partial charge in [-0.15, -0.1) is 0 Å². The summed E-state index contributed by atoms with van der Waals surface area (Å²) >= 11 is 0. The predicted molar refractivity (Wildman–Crippen MR) is 127 cm³/mol. The minimum Gasteiger partial charge on any atom is -0.487 e. The maximum absolute atomic E-state index is 13.2. The van der Waals surface area contributed by atoms with E-state index in [1.807, 2.05) is 12.1 Å². The molecule has 1 saturated heterocycles. The molecule has 1 atom stereocenters. The number of carbonyl (C=O) groups excluding carboxylic acids is 2. The Hall–Kier alpha value is -3.42. The number of nitrogens with zero attached hydrogens (tertiary/aromatic N) is 1. The Morgan fingerprint density at radius 3 is 2.85 bits per heavy atom. The summed E-state index contributed by atoms with van der Waals surface area (Å²) in [4.78, 5) is 29.7. The predicted octanol–water partition coefficient (Wildman–Crippen LogP) is 3.16. The molecule has 33 heavy (non-hydrogen) atoms. The number of aliphatic imine (C=N–C) groups is 1. The lowest BCUT2D eigenvalue weighted by atomic mass is 9.98.